The van der Waals surface area contributed by atoms with E-state index in [0.29, 0.717) is 16.0 Å². The van der Waals surface area contributed by atoms with Crippen LogP contribution < -0.4 is 0 Å². The van der Waals surface area contributed by atoms with Gasteiger partial charge in [-0.25, -0.2) is 0 Å². The molecule has 6 nitrogen and oxygen atoms in total. The van der Waals surface area contributed by atoms with Gasteiger partial charge in [-0.3, -0.25) is 14.3 Å². The number of carbonyl (C=O) groups excluding carboxylic acids is 1. The number of ether oxygens (including phenoxy) is 1. The summed E-state index contributed by atoms with van der Waals surface area (Å²) >= 11 is 7.28. The molecule has 0 bridgehead atoms. The number of hydrogen-bond acceptors (Lipinski definition) is 6. The first kappa shape index (κ1) is 17.4. The Kier molecular flexibility index (Phi) is 5.35. The van der Waals surface area contributed by atoms with Gasteiger partial charge in [-0.2, -0.15) is 0 Å². The Bertz CT molecular complexity index is 868. The lowest BCUT2D eigenvalue weighted by molar-refractivity contribution is -0.139. The first-order valence-corrected chi connectivity index (χ1v) is 8.72. The highest BCUT2D eigenvalue weighted by molar-refractivity contribution is 8.00. The monoisotopic (exact) mass is 374 g/mol. The zero-order valence-corrected chi connectivity index (χ0v) is 15.2. The number of nitrogens with zero attached hydrogens (tertiary/aromatic N) is 4. The van der Waals surface area contributed by atoms with Crippen molar-refractivity contribution in [2.75, 3.05) is 7.11 Å². The van der Waals surface area contributed by atoms with Crippen molar-refractivity contribution in [3.05, 3.63) is 53.8 Å². The summed E-state index contributed by atoms with van der Waals surface area (Å²) in [5.74, 6) is 0.338. The summed E-state index contributed by atoms with van der Waals surface area (Å²) < 4.78 is 6.68. The lowest BCUT2D eigenvalue weighted by Crippen LogP contribution is -2.15. The topological polar surface area (TPSA) is 69.9 Å². The Hall–Kier alpha value is -2.38. The fourth-order valence-corrected chi connectivity index (χ4v) is 3.25. The molecule has 2 aromatic heterocycles. The van der Waals surface area contributed by atoms with Crippen molar-refractivity contribution in [3.63, 3.8) is 0 Å². The summed E-state index contributed by atoms with van der Waals surface area (Å²) in [6, 6.07) is 11.1. The summed E-state index contributed by atoms with van der Waals surface area (Å²) in [5.41, 5.74) is 1.72. The van der Waals surface area contributed by atoms with Crippen molar-refractivity contribution in [3.8, 4) is 17.1 Å². The standard InChI is InChI=1S/C17H15ClN4O2S/c1-11(16(23)24-2)25-17-21-20-15(12-7-9-19-10-8-12)22(17)14-5-3-13(18)4-6-14/h3-11H,1-2H3. The van der Waals surface area contributed by atoms with Crippen LogP contribution in [0.25, 0.3) is 17.1 Å². The molecule has 0 amide bonds. The molecule has 0 aliphatic heterocycles. The van der Waals surface area contributed by atoms with Crippen LogP contribution in [0.5, 0.6) is 0 Å². The van der Waals surface area contributed by atoms with Crippen LogP contribution in [0, 0.1) is 0 Å². The second-order valence-corrected chi connectivity index (χ2v) is 6.88. The summed E-state index contributed by atoms with van der Waals surface area (Å²) in [4.78, 5) is 15.8. The summed E-state index contributed by atoms with van der Waals surface area (Å²) in [6.45, 7) is 1.77. The van der Waals surface area contributed by atoms with Gasteiger partial charge < -0.3 is 4.74 Å². The van der Waals surface area contributed by atoms with Crippen LogP contribution in [-0.2, 0) is 9.53 Å². The molecule has 0 aliphatic rings. The van der Waals surface area contributed by atoms with Crippen LogP contribution >= 0.6 is 23.4 Å². The van der Waals surface area contributed by atoms with Crippen molar-refractivity contribution < 1.29 is 9.53 Å². The molecule has 0 spiro atoms. The number of hydrogen-bond donors (Lipinski definition) is 0. The normalized spacial score (nSPS) is 12.0. The van der Waals surface area contributed by atoms with E-state index in [1.165, 1.54) is 18.9 Å². The molecule has 0 aliphatic carbocycles. The van der Waals surface area contributed by atoms with Crippen molar-refractivity contribution in [2.45, 2.75) is 17.3 Å². The largest absolute Gasteiger partial charge is 0.468 e. The molecule has 25 heavy (non-hydrogen) atoms. The smallest absolute Gasteiger partial charge is 0.318 e. The molecular formula is C17H15ClN4O2S. The van der Waals surface area contributed by atoms with Gasteiger partial charge >= 0.3 is 5.97 Å². The van der Waals surface area contributed by atoms with Crippen molar-refractivity contribution in [1.29, 1.82) is 0 Å². The molecule has 2 heterocycles. The van der Waals surface area contributed by atoms with Crippen LogP contribution in [0.3, 0.4) is 0 Å². The van der Waals surface area contributed by atoms with E-state index in [0.717, 1.165) is 11.3 Å². The molecular weight excluding hydrogens is 360 g/mol. The van der Waals surface area contributed by atoms with E-state index in [-0.39, 0.29) is 5.97 Å². The molecule has 1 atom stereocenters. The van der Waals surface area contributed by atoms with E-state index >= 15 is 0 Å². The fraction of sp³-hybridized carbons (Fsp3) is 0.176. The molecule has 3 rings (SSSR count). The second-order valence-electron chi connectivity index (χ2n) is 5.14. The minimum absolute atomic E-state index is 0.318. The van der Waals surface area contributed by atoms with Gasteiger partial charge in [0.05, 0.1) is 7.11 Å². The first-order valence-electron chi connectivity index (χ1n) is 7.46. The van der Waals surface area contributed by atoms with Crippen LogP contribution in [0.4, 0.5) is 0 Å². The molecule has 8 heteroatoms. The maximum absolute atomic E-state index is 11.8. The van der Waals surface area contributed by atoms with Gasteiger partial charge in [-0.05, 0) is 43.3 Å². The third-order valence-corrected chi connectivity index (χ3v) is 4.75. The van der Waals surface area contributed by atoms with E-state index in [9.17, 15) is 4.79 Å². The third-order valence-electron chi connectivity index (χ3n) is 3.47. The van der Waals surface area contributed by atoms with Crippen LogP contribution in [0.15, 0.2) is 53.9 Å². The number of aromatic nitrogens is 4. The van der Waals surface area contributed by atoms with Crippen molar-refractivity contribution in [2.24, 2.45) is 0 Å². The molecule has 0 radical (unpaired) electrons. The quantitative estimate of drug-likeness (QED) is 0.501. The molecule has 1 unspecified atom stereocenters. The number of esters is 1. The maximum atomic E-state index is 11.8. The molecule has 128 valence electrons. The summed E-state index contributed by atoms with van der Waals surface area (Å²) in [6.07, 6.45) is 3.39. The van der Waals surface area contributed by atoms with Crippen LogP contribution in [-0.4, -0.2) is 38.1 Å². The summed E-state index contributed by atoms with van der Waals surface area (Å²) in [7, 11) is 1.37. The highest BCUT2D eigenvalue weighted by Gasteiger charge is 2.22. The second kappa shape index (κ2) is 7.67. The van der Waals surface area contributed by atoms with Gasteiger partial charge in [0.2, 0.25) is 0 Å². The van der Waals surface area contributed by atoms with E-state index in [1.807, 2.05) is 28.8 Å². The average molecular weight is 375 g/mol. The van der Waals surface area contributed by atoms with Crippen molar-refractivity contribution >= 4 is 29.3 Å². The number of halogens is 1. The van der Waals surface area contributed by atoms with Gasteiger partial charge in [0.25, 0.3) is 0 Å². The van der Waals surface area contributed by atoms with Gasteiger partial charge in [0.15, 0.2) is 11.0 Å². The van der Waals surface area contributed by atoms with E-state index < -0.39 is 5.25 Å². The van der Waals surface area contributed by atoms with Crippen molar-refractivity contribution in [1.82, 2.24) is 19.7 Å². The number of benzene rings is 1. The molecule has 0 saturated heterocycles. The maximum Gasteiger partial charge on any atom is 0.318 e. The van der Waals surface area contributed by atoms with Gasteiger partial charge in [0, 0.05) is 28.7 Å². The van der Waals surface area contributed by atoms with Crippen LogP contribution in [0.2, 0.25) is 5.02 Å². The molecule has 0 N–H and O–H groups in total. The Balaban J connectivity index is 2.08. The molecule has 3 aromatic rings. The number of rotatable bonds is 5. The van der Waals surface area contributed by atoms with Crippen LogP contribution in [0.1, 0.15) is 6.92 Å². The molecule has 0 fully saturated rings. The Morgan fingerprint density at radius 1 is 1.16 bits per heavy atom. The Labute approximate surface area is 154 Å². The highest BCUT2D eigenvalue weighted by atomic mass is 35.5. The van der Waals surface area contributed by atoms with Gasteiger partial charge in [-0.15, -0.1) is 10.2 Å². The SMILES string of the molecule is COC(=O)C(C)Sc1nnc(-c2ccncc2)n1-c1ccc(Cl)cc1. The van der Waals surface area contributed by atoms with Gasteiger partial charge in [0.1, 0.15) is 5.25 Å². The predicted octanol–water partition coefficient (Wildman–Crippen LogP) is 3.64. The number of pyridine rings is 1. The molecule has 1 aromatic carbocycles. The Morgan fingerprint density at radius 2 is 1.84 bits per heavy atom. The lowest BCUT2D eigenvalue weighted by Gasteiger charge is -2.12. The lowest BCUT2D eigenvalue weighted by atomic mass is 10.2. The number of thioether (sulfide) groups is 1. The zero-order chi connectivity index (χ0) is 17.8. The minimum Gasteiger partial charge on any atom is -0.468 e. The Morgan fingerprint density at radius 3 is 2.48 bits per heavy atom. The zero-order valence-electron chi connectivity index (χ0n) is 13.6. The molecule has 0 saturated carbocycles. The van der Waals surface area contributed by atoms with E-state index in [1.54, 1.807) is 31.5 Å². The number of carbonyl (C=O) groups is 1. The van der Waals surface area contributed by atoms with E-state index in [4.69, 9.17) is 16.3 Å². The summed E-state index contributed by atoms with van der Waals surface area (Å²) in [5, 5.41) is 9.38. The van der Waals surface area contributed by atoms with Gasteiger partial charge in [-0.1, -0.05) is 23.4 Å². The van der Waals surface area contributed by atoms with E-state index in [2.05, 4.69) is 15.2 Å². The first-order chi connectivity index (χ1) is 12.1. The number of methoxy groups -OCH3 is 1. The predicted molar refractivity (Wildman–Crippen MR) is 96.9 cm³/mol. The highest BCUT2D eigenvalue weighted by Crippen LogP contribution is 2.30. The minimum atomic E-state index is -0.412. The average Bonchev–Trinajstić information content (AvgIpc) is 3.06. The third kappa shape index (κ3) is 3.83. The fourth-order valence-electron chi connectivity index (χ4n) is 2.23.